The van der Waals surface area contributed by atoms with Crippen molar-refractivity contribution in [3.8, 4) is 5.69 Å². The Labute approximate surface area is 142 Å². The van der Waals surface area contributed by atoms with Crippen molar-refractivity contribution in [2.45, 2.75) is 6.92 Å². The average molecular weight is 342 g/mol. The Kier molecular flexibility index (Phi) is 4.52. The van der Waals surface area contributed by atoms with Crippen molar-refractivity contribution >= 4 is 11.9 Å². The number of ketones is 1. The van der Waals surface area contributed by atoms with Gasteiger partial charge in [-0.2, -0.15) is 5.10 Å². The van der Waals surface area contributed by atoms with Crippen molar-refractivity contribution in [2.75, 3.05) is 0 Å². The van der Waals surface area contributed by atoms with E-state index in [1.807, 2.05) is 0 Å². The SMILES string of the molecule is Cc1c(C(=O)/C=C/c2cccc(F)c2F)cnn1-c1ccc(F)cc1. The third kappa shape index (κ3) is 3.38. The van der Waals surface area contributed by atoms with Crippen LogP contribution >= 0.6 is 0 Å². The van der Waals surface area contributed by atoms with Gasteiger partial charge >= 0.3 is 0 Å². The average Bonchev–Trinajstić information content (AvgIpc) is 2.98. The molecular weight excluding hydrogens is 329 g/mol. The van der Waals surface area contributed by atoms with E-state index in [1.165, 1.54) is 41.2 Å². The summed E-state index contributed by atoms with van der Waals surface area (Å²) in [4.78, 5) is 12.3. The van der Waals surface area contributed by atoms with Gasteiger partial charge in [0.25, 0.3) is 0 Å². The summed E-state index contributed by atoms with van der Waals surface area (Å²) in [5, 5.41) is 4.13. The minimum Gasteiger partial charge on any atom is -0.289 e. The van der Waals surface area contributed by atoms with E-state index >= 15 is 0 Å². The summed E-state index contributed by atoms with van der Waals surface area (Å²) in [6, 6.07) is 9.42. The number of halogens is 3. The third-order valence-corrected chi connectivity index (χ3v) is 3.74. The topological polar surface area (TPSA) is 34.9 Å². The predicted molar refractivity (Wildman–Crippen MR) is 88.0 cm³/mol. The first-order valence-electron chi connectivity index (χ1n) is 7.44. The number of carbonyl (C=O) groups is 1. The van der Waals surface area contributed by atoms with E-state index in [9.17, 15) is 18.0 Å². The summed E-state index contributed by atoms with van der Waals surface area (Å²) in [5.74, 6) is -2.75. The molecular formula is C19H13F3N2O. The molecule has 0 aliphatic carbocycles. The molecule has 3 aromatic rings. The summed E-state index contributed by atoms with van der Waals surface area (Å²) in [6.07, 6.45) is 3.76. The van der Waals surface area contributed by atoms with E-state index in [0.29, 0.717) is 16.9 Å². The van der Waals surface area contributed by atoms with Gasteiger partial charge in [-0.3, -0.25) is 4.79 Å². The van der Waals surface area contributed by atoms with Gasteiger partial charge in [-0.15, -0.1) is 0 Å². The van der Waals surface area contributed by atoms with Gasteiger partial charge in [-0.05, 0) is 49.4 Å². The highest BCUT2D eigenvalue weighted by Gasteiger charge is 2.13. The minimum atomic E-state index is -1.01. The second-order valence-corrected chi connectivity index (χ2v) is 5.37. The van der Waals surface area contributed by atoms with Crippen molar-refractivity contribution < 1.29 is 18.0 Å². The Morgan fingerprint density at radius 3 is 2.52 bits per heavy atom. The number of hydrogen-bond acceptors (Lipinski definition) is 2. The number of allylic oxidation sites excluding steroid dienone is 1. The van der Waals surface area contributed by atoms with Crippen LogP contribution in [0.4, 0.5) is 13.2 Å². The monoisotopic (exact) mass is 342 g/mol. The van der Waals surface area contributed by atoms with Crippen molar-refractivity contribution in [1.82, 2.24) is 9.78 Å². The maximum atomic E-state index is 13.6. The molecule has 2 aromatic carbocycles. The zero-order valence-corrected chi connectivity index (χ0v) is 13.2. The van der Waals surface area contributed by atoms with Crippen molar-refractivity contribution in [2.24, 2.45) is 0 Å². The van der Waals surface area contributed by atoms with Gasteiger partial charge < -0.3 is 0 Å². The van der Waals surface area contributed by atoms with Gasteiger partial charge in [0.15, 0.2) is 17.4 Å². The molecule has 126 valence electrons. The maximum Gasteiger partial charge on any atom is 0.189 e. The van der Waals surface area contributed by atoms with Crippen LogP contribution in [0.2, 0.25) is 0 Å². The molecule has 0 saturated carbocycles. The highest BCUT2D eigenvalue weighted by atomic mass is 19.2. The van der Waals surface area contributed by atoms with Gasteiger partial charge in [-0.25, -0.2) is 17.9 Å². The van der Waals surface area contributed by atoms with Crippen LogP contribution in [-0.2, 0) is 0 Å². The van der Waals surface area contributed by atoms with Gasteiger partial charge in [-0.1, -0.05) is 12.1 Å². The first-order valence-corrected chi connectivity index (χ1v) is 7.44. The van der Waals surface area contributed by atoms with Crippen LogP contribution < -0.4 is 0 Å². The van der Waals surface area contributed by atoms with E-state index in [1.54, 1.807) is 19.1 Å². The zero-order valence-electron chi connectivity index (χ0n) is 13.2. The Bertz CT molecular complexity index is 959. The molecule has 25 heavy (non-hydrogen) atoms. The van der Waals surface area contributed by atoms with E-state index < -0.39 is 17.4 Å². The number of carbonyl (C=O) groups excluding carboxylic acids is 1. The van der Waals surface area contributed by atoms with E-state index in [2.05, 4.69) is 5.10 Å². The summed E-state index contributed by atoms with van der Waals surface area (Å²) >= 11 is 0. The number of rotatable bonds is 4. The first kappa shape index (κ1) is 16.7. The second-order valence-electron chi connectivity index (χ2n) is 5.37. The van der Waals surface area contributed by atoms with Crippen LogP contribution in [0.3, 0.4) is 0 Å². The molecule has 0 bridgehead atoms. The number of aromatic nitrogens is 2. The van der Waals surface area contributed by atoms with Crippen LogP contribution in [0.5, 0.6) is 0 Å². The zero-order chi connectivity index (χ0) is 18.0. The Balaban J connectivity index is 1.87. The lowest BCUT2D eigenvalue weighted by Crippen LogP contribution is -2.02. The molecule has 0 atom stereocenters. The van der Waals surface area contributed by atoms with Gasteiger partial charge in [0.05, 0.1) is 23.1 Å². The molecule has 0 radical (unpaired) electrons. The lowest BCUT2D eigenvalue weighted by Gasteiger charge is -2.04. The van der Waals surface area contributed by atoms with Gasteiger partial charge in [0, 0.05) is 5.56 Å². The maximum absolute atomic E-state index is 13.6. The van der Waals surface area contributed by atoms with Crippen molar-refractivity contribution in [3.05, 3.63) is 89.0 Å². The number of nitrogens with zero attached hydrogens (tertiary/aromatic N) is 2. The quantitative estimate of drug-likeness (QED) is 0.517. The number of benzene rings is 2. The fourth-order valence-electron chi connectivity index (χ4n) is 2.40. The largest absolute Gasteiger partial charge is 0.289 e. The highest BCUT2D eigenvalue weighted by molar-refractivity contribution is 6.07. The normalized spacial score (nSPS) is 11.2. The van der Waals surface area contributed by atoms with Crippen LogP contribution in [0.15, 0.2) is 54.7 Å². The van der Waals surface area contributed by atoms with E-state index in [-0.39, 0.29) is 11.4 Å². The fraction of sp³-hybridized carbons (Fsp3) is 0.0526. The second kappa shape index (κ2) is 6.76. The predicted octanol–water partition coefficient (Wildman–Crippen LogP) is 4.49. The fourth-order valence-corrected chi connectivity index (χ4v) is 2.40. The van der Waals surface area contributed by atoms with Crippen LogP contribution in [-0.4, -0.2) is 15.6 Å². The van der Waals surface area contributed by atoms with E-state index in [0.717, 1.165) is 12.1 Å². The van der Waals surface area contributed by atoms with E-state index in [4.69, 9.17) is 0 Å². The number of hydrogen-bond donors (Lipinski definition) is 0. The van der Waals surface area contributed by atoms with Gasteiger partial charge in [0.1, 0.15) is 5.82 Å². The summed E-state index contributed by atoms with van der Waals surface area (Å²) < 4.78 is 41.3. The molecule has 6 heteroatoms. The standard InChI is InChI=1S/C19H13F3N2O/c1-12-16(11-23-24(12)15-8-6-14(20)7-9-15)18(25)10-5-13-3-2-4-17(21)19(13)22/h2-11H,1H3/b10-5+. The molecule has 0 amide bonds. The lowest BCUT2D eigenvalue weighted by molar-refractivity contribution is 0.104. The molecule has 0 spiro atoms. The van der Waals surface area contributed by atoms with Crippen LogP contribution in [0.1, 0.15) is 21.6 Å². The minimum absolute atomic E-state index is 0.0167. The molecule has 0 fully saturated rings. The Morgan fingerprint density at radius 1 is 1.08 bits per heavy atom. The highest BCUT2D eigenvalue weighted by Crippen LogP contribution is 2.17. The summed E-state index contributed by atoms with van der Waals surface area (Å²) in [6.45, 7) is 1.69. The van der Waals surface area contributed by atoms with Crippen LogP contribution in [0.25, 0.3) is 11.8 Å². The molecule has 3 rings (SSSR count). The Morgan fingerprint density at radius 2 is 1.80 bits per heavy atom. The first-order chi connectivity index (χ1) is 12.0. The molecule has 0 unspecified atom stereocenters. The summed E-state index contributed by atoms with van der Waals surface area (Å²) in [5.41, 5.74) is 1.47. The van der Waals surface area contributed by atoms with Crippen molar-refractivity contribution in [1.29, 1.82) is 0 Å². The molecule has 1 heterocycles. The molecule has 0 N–H and O–H groups in total. The van der Waals surface area contributed by atoms with Gasteiger partial charge in [0.2, 0.25) is 0 Å². The molecule has 0 saturated heterocycles. The Hall–Kier alpha value is -3.15. The molecule has 0 aliphatic rings. The third-order valence-electron chi connectivity index (χ3n) is 3.74. The molecule has 1 aromatic heterocycles. The lowest BCUT2D eigenvalue weighted by atomic mass is 10.1. The van der Waals surface area contributed by atoms with Crippen LogP contribution in [0, 0.1) is 24.4 Å². The molecule has 3 nitrogen and oxygen atoms in total. The molecule has 0 aliphatic heterocycles. The smallest absolute Gasteiger partial charge is 0.189 e. The summed E-state index contributed by atoms with van der Waals surface area (Å²) in [7, 11) is 0. The van der Waals surface area contributed by atoms with Crippen molar-refractivity contribution in [3.63, 3.8) is 0 Å².